The van der Waals surface area contributed by atoms with E-state index < -0.39 is 18.0 Å². The molecule has 2 aromatic rings. The van der Waals surface area contributed by atoms with Crippen molar-refractivity contribution in [3.8, 4) is 11.5 Å². The zero-order valence-corrected chi connectivity index (χ0v) is 16.2. The van der Waals surface area contributed by atoms with Gasteiger partial charge in [-0.3, -0.25) is 9.59 Å². The average molecular weight is 402 g/mol. The van der Waals surface area contributed by atoms with Gasteiger partial charge in [0.15, 0.2) is 11.5 Å². The van der Waals surface area contributed by atoms with Crippen LogP contribution in [0.5, 0.6) is 11.5 Å². The first-order chi connectivity index (χ1) is 13.9. The molecule has 2 atom stereocenters. The zero-order valence-electron chi connectivity index (χ0n) is 16.2. The van der Waals surface area contributed by atoms with Gasteiger partial charge in [0.25, 0.3) is 5.91 Å². The number of nitrogens with one attached hydrogen (secondary N) is 1. The number of β-amino-alcohol motifs (C(OH)–C–C–N with tert-alkyl or cyclic N) is 1. The summed E-state index contributed by atoms with van der Waals surface area (Å²) in [4.78, 5) is 25.3. The predicted octanol–water partition coefficient (Wildman–Crippen LogP) is 2.45. The third-order valence-electron chi connectivity index (χ3n) is 4.66. The summed E-state index contributed by atoms with van der Waals surface area (Å²) < 4.78 is 24.3. The van der Waals surface area contributed by atoms with Crippen LogP contribution in [0.15, 0.2) is 42.5 Å². The molecule has 0 radical (unpaired) electrons. The molecule has 0 bridgehead atoms. The van der Waals surface area contributed by atoms with E-state index >= 15 is 0 Å². The van der Waals surface area contributed by atoms with Crippen LogP contribution >= 0.6 is 0 Å². The third-order valence-corrected chi connectivity index (χ3v) is 4.66. The molecule has 2 N–H and O–H groups in total. The molecule has 1 aliphatic heterocycles. The number of anilines is 1. The molecule has 1 saturated heterocycles. The maximum absolute atomic E-state index is 13.3. The van der Waals surface area contributed by atoms with Gasteiger partial charge in [0.1, 0.15) is 18.0 Å². The number of amides is 2. The van der Waals surface area contributed by atoms with Crippen LogP contribution in [0.1, 0.15) is 23.7 Å². The van der Waals surface area contributed by atoms with Gasteiger partial charge in [0, 0.05) is 37.2 Å². The molecule has 7 nitrogen and oxygen atoms in total. The van der Waals surface area contributed by atoms with Crippen molar-refractivity contribution in [2.75, 3.05) is 25.5 Å². The van der Waals surface area contributed by atoms with Crippen molar-refractivity contribution in [2.24, 2.45) is 0 Å². The standard InChI is InChI=1S/C21H23FN2O5/c1-13(25)23-16-6-3-14(4-7-16)21(27)24-10-9-18(17(26)12-24)29-19-8-5-15(22)11-20(19)28-2/h3-8,11,17-18,26H,9-10,12H2,1-2H3,(H,23,25)/t17-,18-/m1/s1. The largest absolute Gasteiger partial charge is 0.493 e. The second-order valence-electron chi connectivity index (χ2n) is 6.82. The van der Waals surface area contributed by atoms with Crippen LogP contribution in [0.3, 0.4) is 0 Å². The van der Waals surface area contributed by atoms with Gasteiger partial charge < -0.3 is 24.8 Å². The van der Waals surface area contributed by atoms with Gasteiger partial charge in [-0.1, -0.05) is 0 Å². The molecule has 154 valence electrons. The number of halogens is 1. The number of carbonyl (C=O) groups excluding carboxylic acids is 2. The summed E-state index contributed by atoms with van der Waals surface area (Å²) in [5.41, 5.74) is 1.07. The summed E-state index contributed by atoms with van der Waals surface area (Å²) in [7, 11) is 1.41. The lowest BCUT2D eigenvalue weighted by atomic mass is 10.0. The first kappa shape index (κ1) is 20.6. The minimum atomic E-state index is -0.902. The van der Waals surface area contributed by atoms with E-state index in [4.69, 9.17) is 9.47 Å². The van der Waals surface area contributed by atoms with Crippen LogP contribution in [0.2, 0.25) is 0 Å². The molecule has 0 unspecified atom stereocenters. The Morgan fingerprint density at radius 3 is 2.52 bits per heavy atom. The highest BCUT2D eigenvalue weighted by Crippen LogP contribution is 2.30. The number of aliphatic hydroxyl groups is 1. The van der Waals surface area contributed by atoms with Crippen LogP contribution in [-0.4, -0.2) is 54.2 Å². The van der Waals surface area contributed by atoms with Gasteiger partial charge in [-0.25, -0.2) is 4.39 Å². The van der Waals surface area contributed by atoms with E-state index in [1.54, 1.807) is 29.2 Å². The number of hydrogen-bond acceptors (Lipinski definition) is 5. The van der Waals surface area contributed by atoms with Gasteiger partial charge in [0.2, 0.25) is 5.91 Å². The molecule has 2 aromatic carbocycles. The maximum atomic E-state index is 13.3. The number of aliphatic hydroxyl groups excluding tert-OH is 1. The Morgan fingerprint density at radius 2 is 1.90 bits per heavy atom. The van der Waals surface area contributed by atoms with E-state index in [9.17, 15) is 19.1 Å². The summed E-state index contributed by atoms with van der Waals surface area (Å²) >= 11 is 0. The Bertz CT molecular complexity index is 887. The molecule has 0 aliphatic carbocycles. The van der Waals surface area contributed by atoms with Crippen molar-refractivity contribution in [1.82, 2.24) is 4.90 Å². The number of rotatable bonds is 5. The Hall–Kier alpha value is -3.13. The van der Waals surface area contributed by atoms with Gasteiger partial charge in [0.05, 0.1) is 13.7 Å². The van der Waals surface area contributed by atoms with Crippen molar-refractivity contribution in [2.45, 2.75) is 25.6 Å². The second kappa shape index (κ2) is 8.91. The molecule has 8 heteroatoms. The molecule has 0 spiro atoms. The molecule has 0 aromatic heterocycles. The van der Waals surface area contributed by atoms with E-state index in [2.05, 4.69) is 5.32 Å². The van der Waals surface area contributed by atoms with Crippen LogP contribution in [-0.2, 0) is 4.79 Å². The minimum Gasteiger partial charge on any atom is -0.493 e. The van der Waals surface area contributed by atoms with Gasteiger partial charge in [-0.2, -0.15) is 0 Å². The van der Waals surface area contributed by atoms with Crippen molar-refractivity contribution >= 4 is 17.5 Å². The normalized spacial score (nSPS) is 18.8. The number of piperidine rings is 1. The number of methoxy groups -OCH3 is 1. The lowest BCUT2D eigenvalue weighted by molar-refractivity contribution is -0.114. The molecule has 29 heavy (non-hydrogen) atoms. The number of ether oxygens (including phenoxy) is 2. The number of nitrogens with zero attached hydrogens (tertiary/aromatic N) is 1. The smallest absolute Gasteiger partial charge is 0.253 e. The highest BCUT2D eigenvalue weighted by atomic mass is 19.1. The zero-order chi connectivity index (χ0) is 21.0. The summed E-state index contributed by atoms with van der Waals surface area (Å²) in [6.07, 6.45) is -1.03. The number of benzene rings is 2. The van der Waals surface area contributed by atoms with E-state index in [1.165, 1.54) is 32.2 Å². The first-order valence-electron chi connectivity index (χ1n) is 9.22. The summed E-state index contributed by atoms with van der Waals surface area (Å²) in [5.74, 6) is -0.260. The van der Waals surface area contributed by atoms with Crippen molar-refractivity contribution in [1.29, 1.82) is 0 Å². The first-order valence-corrected chi connectivity index (χ1v) is 9.22. The van der Waals surface area contributed by atoms with Crippen LogP contribution in [0.25, 0.3) is 0 Å². The fraction of sp³-hybridized carbons (Fsp3) is 0.333. The minimum absolute atomic E-state index is 0.112. The Morgan fingerprint density at radius 1 is 1.17 bits per heavy atom. The topological polar surface area (TPSA) is 88.1 Å². The summed E-state index contributed by atoms with van der Waals surface area (Å²) in [6.45, 7) is 1.92. The summed E-state index contributed by atoms with van der Waals surface area (Å²) in [5, 5.41) is 13.1. The molecular weight excluding hydrogens is 379 g/mol. The highest BCUT2D eigenvalue weighted by molar-refractivity contribution is 5.95. The van der Waals surface area contributed by atoms with Crippen molar-refractivity contribution < 1.29 is 28.6 Å². The molecule has 1 aliphatic rings. The molecule has 3 rings (SSSR count). The fourth-order valence-corrected chi connectivity index (χ4v) is 3.22. The Balaban J connectivity index is 1.62. The molecule has 1 heterocycles. The van der Waals surface area contributed by atoms with E-state index in [0.29, 0.717) is 30.0 Å². The maximum Gasteiger partial charge on any atom is 0.253 e. The number of carbonyl (C=O) groups is 2. The molecular formula is C21H23FN2O5. The Labute approximate surface area is 168 Å². The van der Waals surface area contributed by atoms with Crippen LogP contribution in [0.4, 0.5) is 10.1 Å². The van der Waals surface area contributed by atoms with E-state index in [-0.39, 0.29) is 24.1 Å². The van der Waals surface area contributed by atoms with Crippen molar-refractivity contribution in [3.63, 3.8) is 0 Å². The SMILES string of the molecule is COc1cc(F)ccc1O[C@@H]1CCN(C(=O)c2ccc(NC(C)=O)cc2)C[C@H]1O. The van der Waals surface area contributed by atoms with Gasteiger partial charge in [-0.15, -0.1) is 0 Å². The third kappa shape index (κ3) is 5.03. The lowest BCUT2D eigenvalue weighted by Gasteiger charge is -2.36. The second-order valence-corrected chi connectivity index (χ2v) is 6.82. The van der Waals surface area contributed by atoms with E-state index in [1.807, 2.05) is 0 Å². The van der Waals surface area contributed by atoms with Crippen molar-refractivity contribution in [3.05, 3.63) is 53.8 Å². The average Bonchev–Trinajstić information content (AvgIpc) is 2.70. The molecule has 0 saturated carbocycles. The predicted molar refractivity (Wildman–Crippen MR) is 105 cm³/mol. The molecule has 1 fully saturated rings. The number of hydrogen-bond donors (Lipinski definition) is 2. The summed E-state index contributed by atoms with van der Waals surface area (Å²) in [6, 6.07) is 10.5. The van der Waals surface area contributed by atoms with Crippen LogP contribution in [0, 0.1) is 5.82 Å². The Kier molecular flexibility index (Phi) is 6.33. The van der Waals surface area contributed by atoms with Crippen LogP contribution < -0.4 is 14.8 Å². The highest BCUT2D eigenvalue weighted by Gasteiger charge is 2.32. The number of likely N-dealkylation sites (tertiary alicyclic amines) is 1. The fourth-order valence-electron chi connectivity index (χ4n) is 3.22. The monoisotopic (exact) mass is 402 g/mol. The lowest BCUT2D eigenvalue weighted by Crippen LogP contribution is -2.51. The van der Waals surface area contributed by atoms with Gasteiger partial charge >= 0.3 is 0 Å². The quantitative estimate of drug-likeness (QED) is 0.802. The van der Waals surface area contributed by atoms with Gasteiger partial charge in [-0.05, 0) is 36.4 Å². The van der Waals surface area contributed by atoms with E-state index in [0.717, 1.165) is 0 Å². The molecule has 2 amide bonds.